The molecule has 0 radical (unpaired) electrons. The van der Waals surface area contributed by atoms with Gasteiger partial charge in [0.05, 0.1) is 6.00 Å². The van der Waals surface area contributed by atoms with E-state index in [1.807, 2.05) is 0 Å². The maximum atomic E-state index is 10.6. The Morgan fingerprint density at radius 1 is 1.75 bits per heavy atom. The van der Waals surface area contributed by atoms with E-state index in [4.69, 9.17) is 11.6 Å². The van der Waals surface area contributed by atoms with E-state index in [0.717, 1.165) is 13.0 Å². The van der Waals surface area contributed by atoms with Gasteiger partial charge in [-0.3, -0.25) is 4.79 Å². The van der Waals surface area contributed by atoms with Crippen molar-refractivity contribution >= 4 is 17.5 Å². The highest BCUT2D eigenvalue weighted by Crippen LogP contribution is 2.08. The second kappa shape index (κ2) is 2.35. The van der Waals surface area contributed by atoms with Crippen molar-refractivity contribution in [1.29, 1.82) is 0 Å². The Morgan fingerprint density at radius 3 is 2.75 bits per heavy atom. The van der Waals surface area contributed by atoms with Crippen LogP contribution in [-0.4, -0.2) is 23.4 Å². The van der Waals surface area contributed by atoms with Crippen LogP contribution in [-0.2, 0) is 4.79 Å². The van der Waals surface area contributed by atoms with Crippen molar-refractivity contribution < 1.29 is 4.79 Å². The minimum absolute atomic E-state index is 0.194. The van der Waals surface area contributed by atoms with E-state index in [-0.39, 0.29) is 5.91 Å². The van der Waals surface area contributed by atoms with Crippen molar-refractivity contribution in [3.05, 3.63) is 0 Å². The van der Waals surface area contributed by atoms with E-state index in [9.17, 15) is 4.79 Å². The lowest BCUT2D eigenvalue weighted by Gasteiger charge is -2.08. The number of hydrogen-bond acceptors (Lipinski definition) is 1. The second-order valence-corrected chi connectivity index (χ2v) is 2.12. The predicted molar refractivity (Wildman–Crippen MR) is 31.7 cm³/mol. The van der Waals surface area contributed by atoms with Gasteiger partial charge in [0.2, 0.25) is 5.91 Å². The van der Waals surface area contributed by atoms with Gasteiger partial charge >= 0.3 is 0 Å². The molecule has 0 aliphatic carbocycles. The van der Waals surface area contributed by atoms with Crippen molar-refractivity contribution in [2.24, 2.45) is 0 Å². The number of nitrogens with zero attached hydrogens (tertiary/aromatic N) is 1. The minimum Gasteiger partial charge on any atom is -0.329 e. The summed E-state index contributed by atoms with van der Waals surface area (Å²) < 4.78 is 0. The predicted octanol–water partition coefficient (Wildman–Crippen LogP) is 0.805. The van der Waals surface area contributed by atoms with Gasteiger partial charge in [0.15, 0.2) is 0 Å². The topological polar surface area (TPSA) is 20.3 Å². The van der Waals surface area contributed by atoms with Gasteiger partial charge < -0.3 is 4.90 Å². The molecule has 1 heterocycles. The average molecular weight is 134 g/mol. The van der Waals surface area contributed by atoms with Crippen molar-refractivity contribution in [3.8, 4) is 0 Å². The highest BCUT2D eigenvalue weighted by Gasteiger charge is 2.17. The Hall–Kier alpha value is -0.240. The molecule has 0 saturated carbocycles. The average Bonchev–Trinajstić information content (AvgIpc) is 2.14. The number of hydrogen-bond donors (Lipinski definition) is 0. The monoisotopic (exact) mass is 133 g/mol. The molecule has 0 N–H and O–H groups in total. The SMILES string of the molecule is O=C1CCCN1CCl. The molecule has 0 aromatic rings. The van der Waals surface area contributed by atoms with E-state index in [1.54, 1.807) is 4.90 Å². The molecule has 0 spiro atoms. The summed E-state index contributed by atoms with van der Waals surface area (Å²) in [5, 5.41) is 0. The van der Waals surface area contributed by atoms with Crippen LogP contribution in [0.5, 0.6) is 0 Å². The molecule has 2 nitrogen and oxygen atoms in total. The second-order valence-electron chi connectivity index (χ2n) is 1.88. The zero-order chi connectivity index (χ0) is 5.98. The molecule has 0 aromatic carbocycles. The summed E-state index contributed by atoms with van der Waals surface area (Å²) in [7, 11) is 0. The Balaban J connectivity index is 2.42. The quantitative estimate of drug-likeness (QED) is 0.383. The minimum atomic E-state index is 0.194. The van der Waals surface area contributed by atoms with Crippen LogP contribution in [0.4, 0.5) is 0 Å². The Morgan fingerprint density at radius 2 is 2.50 bits per heavy atom. The fourth-order valence-corrected chi connectivity index (χ4v) is 1.08. The van der Waals surface area contributed by atoms with E-state index in [1.165, 1.54) is 0 Å². The van der Waals surface area contributed by atoms with E-state index in [2.05, 4.69) is 0 Å². The van der Waals surface area contributed by atoms with Gasteiger partial charge in [-0.25, -0.2) is 0 Å². The van der Waals surface area contributed by atoms with Crippen LogP contribution in [0.25, 0.3) is 0 Å². The number of rotatable bonds is 1. The maximum absolute atomic E-state index is 10.6. The number of likely N-dealkylation sites (tertiary alicyclic amines) is 1. The molecule has 0 aromatic heterocycles. The van der Waals surface area contributed by atoms with Gasteiger partial charge in [0.1, 0.15) is 0 Å². The molecule has 1 rings (SSSR count). The highest BCUT2D eigenvalue weighted by atomic mass is 35.5. The normalized spacial score (nSPS) is 20.1. The summed E-state index contributed by atoms with van der Waals surface area (Å²) >= 11 is 5.41. The van der Waals surface area contributed by atoms with Gasteiger partial charge in [-0.1, -0.05) is 0 Å². The molecule has 1 amide bonds. The fraction of sp³-hybridized carbons (Fsp3) is 0.800. The molecule has 1 aliphatic rings. The van der Waals surface area contributed by atoms with E-state index < -0.39 is 0 Å². The molecule has 46 valence electrons. The maximum Gasteiger partial charge on any atom is 0.223 e. The highest BCUT2D eigenvalue weighted by molar-refractivity contribution is 6.18. The Labute approximate surface area is 53.4 Å². The number of carbonyl (C=O) groups is 1. The van der Waals surface area contributed by atoms with Gasteiger partial charge in [0, 0.05) is 13.0 Å². The molecule has 8 heavy (non-hydrogen) atoms. The number of halogens is 1. The smallest absolute Gasteiger partial charge is 0.223 e. The summed E-state index contributed by atoms with van der Waals surface area (Å²) in [4.78, 5) is 12.3. The van der Waals surface area contributed by atoms with E-state index >= 15 is 0 Å². The summed E-state index contributed by atoms with van der Waals surface area (Å²) in [5.41, 5.74) is 0. The van der Waals surface area contributed by atoms with Crippen LogP contribution < -0.4 is 0 Å². The Bertz CT molecular complexity index is 105. The van der Waals surface area contributed by atoms with Crippen LogP contribution in [0.2, 0.25) is 0 Å². The lowest BCUT2D eigenvalue weighted by Crippen LogP contribution is -2.22. The number of alkyl halides is 1. The van der Waals surface area contributed by atoms with Crippen molar-refractivity contribution in [2.45, 2.75) is 12.8 Å². The standard InChI is InChI=1S/C5H8ClNO/c6-4-7-3-1-2-5(7)8/h1-4H2. The van der Waals surface area contributed by atoms with Crippen LogP contribution in [0.1, 0.15) is 12.8 Å². The van der Waals surface area contributed by atoms with Crippen molar-refractivity contribution in [1.82, 2.24) is 4.90 Å². The first-order valence-corrected chi connectivity index (χ1v) is 3.22. The first-order valence-electron chi connectivity index (χ1n) is 2.68. The summed E-state index contributed by atoms with van der Waals surface area (Å²) in [5.74, 6) is 0.194. The van der Waals surface area contributed by atoms with Gasteiger partial charge in [-0.15, -0.1) is 11.6 Å². The Kier molecular flexibility index (Phi) is 1.73. The van der Waals surface area contributed by atoms with Crippen LogP contribution in [0.3, 0.4) is 0 Å². The third kappa shape index (κ3) is 0.944. The summed E-state index contributed by atoms with van der Waals surface area (Å²) in [6.07, 6.45) is 1.66. The lowest BCUT2D eigenvalue weighted by molar-refractivity contribution is -0.126. The molecule has 0 bridgehead atoms. The molecule has 0 unspecified atom stereocenters. The van der Waals surface area contributed by atoms with Crippen LogP contribution >= 0.6 is 11.6 Å². The zero-order valence-corrected chi connectivity index (χ0v) is 5.32. The molecule has 3 heteroatoms. The van der Waals surface area contributed by atoms with E-state index in [0.29, 0.717) is 12.4 Å². The van der Waals surface area contributed by atoms with Crippen LogP contribution in [0, 0.1) is 0 Å². The van der Waals surface area contributed by atoms with Crippen molar-refractivity contribution in [3.63, 3.8) is 0 Å². The van der Waals surface area contributed by atoms with Crippen LogP contribution in [0.15, 0.2) is 0 Å². The molecule has 1 aliphatic heterocycles. The lowest BCUT2D eigenvalue weighted by atomic mass is 10.4. The zero-order valence-electron chi connectivity index (χ0n) is 4.56. The molecule has 1 saturated heterocycles. The number of carbonyl (C=O) groups excluding carboxylic acids is 1. The van der Waals surface area contributed by atoms with Crippen molar-refractivity contribution in [2.75, 3.05) is 12.5 Å². The largest absolute Gasteiger partial charge is 0.329 e. The third-order valence-corrected chi connectivity index (χ3v) is 1.60. The fourth-order valence-electron chi connectivity index (χ4n) is 0.830. The molecular formula is C5H8ClNO. The number of amides is 1. The van der Waals surface area contributed by atoms with Gasteiger partial charge in [-0.2, -0.15) is 0 Å². The molecule has 0 atom stereocenters. The molecule has 1 fully saturated rings. The first kappa shape index (κ1) is 5.89. The first-order chi connectivity index (χ1) is 3.84. The summed E-state index contributed by atoms with van der Waals surface area (Å²) in [6, 6.07) is 0.360. The third-order valence-electron chi connectivity index (χ3n) is 1.32. The summed E-state index contributed by atoms with van der Waals surface area (Å²) in [6.45, 7) is 0.850. The van der Waals surface area contributed by atoms with Gasteiger partial charge in [-0.05, 0) is 6.42 Å². The van der Waals surface area contributed by atoms with Gasteiger partial charge in [0.25, 0.3) is 0 Å². The molecular weight excluding hydrogens is 126 g/mol.